The monoisotopic (exact) mass is 189 g/mol. The summed E-state index contributed by atoms with van der Waals surface area (Å²) in [5, 5.41) is 3.05. The minimum absolute atomic E-state index is 0.0450. The summed E-state index contributed by atoms with van der Waals surface area (Å²) in [7, 11) is 1.89. The minimum atomic E-state index is 0.0450. The number of likely N-dealkylation sites (N-methyl/N-ethyl adjacent to an activating group) is 1. The Kier molecular flexibility index (Phi) is 7.88. The zero-order valence-corrected chi connectivity index (χ0v) is 8.63. The maximum absolute atomic E-state index is 10.5. The molecule has 13 heavy (non-hydrogen) atoms. The van der Waals surface area contributed by atoms with E-state index >= 15 is 0 Å². The fourth-order valence-electron chi connectivity index (χ4n) is 0.677. The standard InChI is InChI=1S/C9H19NO3/c1-8(10-3)6-12-4-5-13-7-9(2)11/h8,10H,4-7H2,1-3H3. The van der Waals surface area contributed by atoms with E-state index in [1.807, 2.05) is 14.0 Å². The second kappa shape index (κ2) is 8.16. The van der Waals surface area contributed by atoms with Gasteiger partial charge in [-0.2, -0.15) is 0 Å². The summed E-state index contributed by atoms with van der Waals surface area (Å²) >= 11 is 0. The highest BCUT2D eigenvalue weighted by Gasteiger charge is 1.97. The lowest BCUT2D eigenvalue weighted by Gasteiger charge is -2.10. The molecule has 0 fully saturated rings. The van der Waals surface area contributed by atoms with Crippen molar-refractivity contribution in [1.82, 2.24) is 5.32 Å². The Labute approximate surface area is 79.6 Å². The normalized spacial score (nSPS) is 12.8. The SMILES string of the molecule is CNC(C)COCCOCC(C)=O. The van der Waals surface area contributed by atoms with Crippen LogP contribution in [-0.2, 0) is 14.3 Å². The second-order valence-corrected chi connectivity index (χ2v) is 3.02. The largest absolute Gasteiger partial charge is 0.377 e. The van der Waals surface area contributed by atoms with Gasteiger partial charge in [-0.15, -0.1) is 0 Å². The van der Waals surface area contributed by atoms with Crippen LogP contribution in [0.4, 0.5) is 0 Å². The third kappa shape index (κ3) is 9.46. The first-order chi connectivity index (χ1) is 6.16. The van der Waals surface area contributed by atoms with E-state index in [-0.39, 0.29) is 12.4 Å². The molecule has 0 aromatic carbocycles. The molecule has 0 saturated heterocycles. The van der Waals surface area contributed by atoms with Gasteiger partial charge in [-0.3, -0.25) is 4.79 Å². The van der Waals surface area contributed by atoms with Crippen molar-refractivity contribution in [1.29, 1.82) is 0 Å². The molecule has 0 spiro atoms. The van der Waals surface area contributed by atoms with Crippen molar-refractivity contribution in [2.24, 2.45) is 0 Å². The van der Waals surface area contributed by atoms with Gasteiger partial charge in [-0.1, -0.05) is 0 Å². The molecule has 0 amide bonds. The van der Waals surface area contributed by atoms with E-state index in [0.29, 0.717) is 25.9 Å². The smallest absolute Gasteiger partial charge is 0.155 e. The van der Waals surface area contributed by atoms with Crippen molar-refractivity contribution in [3.05, 3.63) is 0 Å². The average molecular weight is 189 g/mol. The summed E-state index contributed by atoms with van der Waals surface area (Å²) < 4.78 is 10.3. The number of ether oxygens (including phenoxy) is 2. The number of rotatable bonds is 8. The van der Waals surface area contributed by atoms with Crippen LogP contribution in [0.15, 0.2) is 0 Å². The molecule has 4 heteroatoms. The van der Waals surface area contributed by atoms with E-state index in [1.54, 1.807) is 0 Å². The minimum Gasteiger partial charge on any atom is -0.377 e. The molecule has 0 aromatic heterocycles. The second-order valence-electron chi connectivity index (χ2n) is 3.02. The third-order valence-electron chi connectivity index (χ3n) is 1.54. The van der Waals surface area contributed by atoms with Gasteiger partial charge in [0.25, 0.3) is 0 Å². The highest BCUT2D eigenvalue weighted by molar-refractivity contribution is 5.76. The van der Waals surface area contributed by atoms with Gasteiger partial charge in [0.15, 0.2) is 5.78 Å². The van der Waals surface area contributed by atoms with Crippen LogP contribution in [0.3, 0.4) is 0 Å². The van der Waals surface area contributed by atoms with E-state index in [1.165, 1.54) is 6.92 Å². The Hall–Kier alpha value is -0.450. The molecule has 78 valence electrons. The summed E-state index contributed by atoms with van der Waals surface area (Å²) in [5.74, 6) is 0.0450. The summed E-state index contributed by atoms with van der Waals surface area (Å²) in [6, 6.07) is 0.354. The first kappa shape index (κ1) is 12.6. The molecule has 4 nitrogen and oxygen atoms in total. The molecule has 0 heterocycles. The predicted octanol–water partition coefficient (Wildman–Crippen LogP) is 0.216. The molecule has 0 aromatic rings. The lowest BCUT2D eigenvalue weighted by atomic mass is 10.4. The van der Waals surface area contributed by atoms with Gasteiger partial charge in [0, 0.05) is 6.04 Å². The molecule has 1 unspecified atom stereocenters. The van der Waals surface area contributed by atoms with Gasteiger partial charge in [0.2, 0.25) is 0 Å². The first-order valence-electron chi connectivity index (χ1n) is 4.49. The van der Waals surface area contributed by atoms with Crippen molar-refractivity contribution >= 4 is 5.78 Å². The maximum atomic E-state index is 10.5. The van der Waals surface area contributed by atoms with Crippen LogP contribution in [-0.4, -0.2) is 45.3 Å². The zero-order valence-electron chi connectivity index (χ0n) is 8.63. The number of hydrogen-bond acceptors (Lipinski definition) is 4. The fraction of sp³-hybridized carbons (Fsp3) is 0.889. The summed E-state index contributed by atoms with van der Waals surface area (Å²) in [4.78, 5) is 10.5. The van der Waals surface area contributed by atoms with E-state index in [4.69, 9.17) is 9.47 Å². The average Bonchev–Trinajstić information content (AvgIpc) is 2.10. The summed E-state index contributed by atoms with van der Waals surface area (Å²) in [6.45, 7) is 5.42. The van der Waals surface area contributed by atoms with Crippen molar-refractivity contribution in [3.8, 4) is 0 Å². The molecule has 0 aliphatic carbocycles. The molecular weight excluding hydrogens is 170 g/mol. The van der Waals surface area contributed by atoms with Crippen LogP contribution in [0.5, 0.6) is 0 Å². The lowest BCUT2D eigenvalue weighted by Crippen LogP contribution is -2.27. The van der Waals surface area contributed by atoms with E-state index in [9.17, 15) is 4.79 Å². The van der Waals surface area contributed by atoms with Crippen molar-refractivity contribution in [2.45, 2.75) is 19.9 Å². The highest BCUT2D eigenvalue weighted by Crippen LogP contribution is 1.84. The molecule has 0 rings (SSSR count). The Bertz CT molecular complexity index is 139. The van der Waals surface area contributed by atoms with Crippen LogP contribution in [0.25, 0.3) is 0 Å². The highest BCUT2D eigenvalue weighted by atomic mass is 16.5. The van der Waals surface area contributed by atoms with Crippen LogP contribution in [0.1, 0.15) is 13.8 Å². The van der Waals surface area contributed by atoms with Crippen LogP contribution < -0.4 is 5.32 Å². The van der Waals surface area contributed by atoms with Crippen LogP contribution in [0, 0.1) is 0 Å². The first-order valence-corrected chi connectivity index (χ1v) is 4.49. The molecule has 0 aliphatic heterocycles. The van der Waals surface area contributed by atoms with E-state index in [2.05, 4.69) is 5.32 Å². The number of carbonyl (C=O) groups is 1. The maximum Gasteiger partial charge on any atom is 0.155 e. The zero-order chi connectivity index (χ0) is 10.1. The Morgan fingerprint density at radius 1 is 1.38 bits per heavy atom. The van der Waals surface area contributed by atoms with E-state index in [0.717, 1.165) is 0 Å². The van der Waals surface area contributed by atoms with Gasteiger partial charge in [0.1, 0.15) is 6.61 Å². The van der Waals surface area contributed by atoms with Crippen molar-refractivity contribution in [2.75, 3.05) is 33.5 Å². The van der Waals surface area contributed by atoms with E-state index < -0.39 is 0 Å². The molecule has 0 radical (unpaired) electrons. The third-order valence-corrected chi connectivity index (χ3v) is 1.54. The molecule has 0 saturated carbocycles. The molecule has 0 bridgehead atoms. The van der Waals surface area contributed by atoms with Crippen molar-refractivity contribution in [3.63, 3.8) is 0 Å². The summed E-state index contributed by atoms with van der Waals surface area (Å²) in [6.07, 6.45) is 0. The molecule has 0 aliphatic rings. The fourth-order valence-corrected chi connectivity index (χ4v) is 0.677. The van der Waals surface area contributed by atoms with Gasteiger partial charge < -0.3 is 14.8 Å². The van der Waals surface area contributed by atoms with Crippen LogP contribution >= 0.6 is 0 Å². The number of hydrogen-bond donors (Lipinski definition) is 1. The van der Waals surface area contributed by atoms with Gasteiger partial charge in [0.05, 0.1) is 19.8 Å². The number of ketones is 1. The van der Waals surface area contributed by atoms with Crippen molar-refractivity contribution < 1.29 is 14.3 Å². The predicted molar refractivity (Wildman–Crippen MR) is 50.8 cm³/mol. The Balaban J connectivity index is 3.04. The molecule has 1 atom stereocenters. The Morgan fingerprint density at radius 2 is 2.00 bits per heavy atom. The topological polar surface area (TPSA) is 47.6 Å². The van der Waals surface area contributed by atoms with Gasteiger partial charge >= 0.3 is 0 Å². The molecular formula is C9H19NO3. The molecule has 1 N–H and O–H groups in total. The number of Topliss-reactive ketones (excluding diaryl/α,β-unsaturated/α-hetero) is 1. The summed E-state index contributed by atoms with van der Waals surface area (Å²) in [5.41, 5.74) is 0. The van der Waals surface area contributed by atoms with Gasteiger partial charge in [-0.05, 0) is 20.9 Å². The lowest BCUT2D eigenvalue weighted by molar-refractivity contribution is -0.122. The number of nitrogens with one attached hydrogen (secondary N) is 1. The number of carbonyl (C=O) groups excluding carboxylic acids is 1. The van der Waals surface area contributed by atoms with Gasteiger partial charge in [-0.25, -0.2) is 0 Å². The Morgan fingerprint density at radius 3 is 2.54 bits per heavy atom. The van der Waals surface area contributed by atoms with Crippen LogP contribution in [0.2, 0.25) is 0 Å². The quantitative estimate of drug-likeness (QED) is 0.555.